The molecule has 3 aromatic rings. The second-order valence-electron chi connectivity index (χ2n) is 4.46. The number of rotatable bonds is 2. The number of aromatic nitrogens is 1. The molecule has 0 aliphatic heterocycles. The van der Waals surface area contributed by atoms with E-state index in [4.69, 9.17) is 4.52 Å². The summed E-state index contributed by atoms with van der Waals surface area (Å²) >= 11 is 0. The summed E-state index contributed by atoms with van der Waals surface area (Å²) in [6.45, 7) is 1.97. The summed E-state index contributed by atoms with van der Waals surface area (Å²) in [5.74, 6) is 0.765. The molecular weight excluding hydrogens is 238 g/mol. The molecule has 0 aliphatic carbocycles. The normalized spacial score (nSPS) is 10.6. The zero-order valence-corrected chi connectivity index (χ0v) is 10.5. The van der Waals surface area contributed by atoms with Gasteiger partial charge in [-0.1, -0.05) is 47.1 Å². The van der Waals surface area contributed by atoms with Crippen LogP contribution in [0.5, 0.6) is 5.75 Å². The Hall–Kier alpha value is -2.55. The van der Waals surface area contributed by atoms with Crippen LogP contribution in [0.3, 0.4) is 0 Å². The van der Waals surface area contributed by atoms with Gasteiger partial charge in [-0.15, -0.1) is 0 Å². The van der Waals surface area contributed by atoms with Crippen LogP contribution in [0.4, 0.5) is 0 Å². The number of hydrogen-bond acceptors (Lipinski definition) is 3. The van der Waals surface area contributed by atoms with Gasteiger partial charge in [-0.05, 0) is 19.1 Å². The molecule has 0 bridgehead atoms. The molecule has 1 N–H and O–H groups in total. The Morgan fingerprint density at radius 3 is 2.58 bits per heavy atom. The number of aromatic hydroxyl groups is 1. The van der Waals surface area contributed by atoms with Crippen LogP contribution in [0.2, 0.25) is 0 Å². The van der Waals surface area contributed by atoms with Crippen molar-refractivity contribution in [3.63, 3.8) is 0 Å². The lowest BCUT2D eigenvalue weighted by Crippen LogP contribution is -1.78. The van der Waals surface area contributed by atoms with Crippen molar-refractivity contribution in [1.29, 1.82) is 0 Å². The molecule has 94 valence electrons. The van der Waals surface area contributed by atoms with Gasteiger partial charge in [-0.3, -0.25) is 0 Å². The SMILES string of the molecule is Cc1ccc(O)c(-c2cc(-c3ccccc3)no2)c1. The first-order valence-corrected chi connectivity index (χ1v) is 6.06. The van der Waals surface area contributed by atoms with Crippen molar-refractivity contribution in [1.82, 2.24) is 5.16 Å². The highest BCUT2D eigenvalue weighted by molar-refractivity contribution is 5.71. The Labute approximate surface area is 111 Å². The minimum Gasteiger partial charge on any atom is -0.507 e. The molecule has 3 nitrogen and oxygen atoms in total. The van der Waals surface area contributed by atoms with Gasteiger partial charge in [0.15, 0.2) is 5.76 Å². The van der Waals surface area contributed by atoms with Crippen LogP contribution in [-0.4, -0.2) is 10.3 Å². The van der Waals surface area contributed by atoms with E-state index in [1.54, 1.807) is 6.07 Å². The van der Waals surface area contributed by atoms with Crippen LogP contribution < -0.4 is 0 Å². The predicted molar refractivity (Wildman–Crippen MR) is 73.8 cm³/mol. The molecule has 0 spiro atoms. The van der Waals surface area contributed by atoms with E-state index in [1.807, 2.05) is 55.5 Å². The van der Waals surface area contributed by atoms with Gasteiger partial charge in [0, 0.05) is 11.6 Å². The number of hydrogen-bond donors (Lipinski definition) is 1. The van der Waals surface area contributed by atoms with Gasteiger partial charge >= 0.3 is 0 Å². The van der Waals surface area contributed by atoms with Crippen LogP contribution in [-0.2, 0) is 0 Å². The monoisotopic (exact) mass is 251 g/mol. The highest BCUT2D eigenvalue weighted by Crippen LogP contribution is 2.32. The molecule has 3 rings (SSSR count). The van der Waals surface area contributed by atoms with Crippen molar-refractivity contribution >= 4 is 0 Å². The summed E-state index contributed by atoms with van der Waals surface area (Å²) in [7, 11) is 0. The maximum Gasteiger partial charge on any atom is 0.171 e. The minimum atomic E-state index is 0.196. The third-order valence-electron chi connectivity index (χ3n) is 3.00. The number of phenolic OH excluding ortho intramolecular Hbond substituents is 1. The Balaban J connectivity index is 2.04. The second-order valence-corrected chi connectivity index (χ2v) is 4.46. The van der Waals surface area contributed by atoms with E-state index in [0.29, 0.717) is 11.3 Å². The lowest BCUT2D eigenvalue weighted by Gasteiger charge is -2.00. The molecule has 1 aromatic heterocycles. The van der Waals surface area contributed by atoms with Crippen molar-refractivity contribution in [2.24, 2.45) is 0 Å². The topological polar surface area (TPSA) is 46.3 Å². The van der Waals surface area contributed by atoms with E-state index in [0.717, 1.165) is 16.8 Å². The molecule has 0 atom stereocenters. The van der Waals surface area contributed by atoms with E-state index in [1.165, 1.54) is 0 Å². The van der Waals surface area contributed by atoms with E-state index in [9.17, 15) is 5.11 Å². The summed E-state index contributed by atoms with van der Waals surface area (Å²) < 4.78 is 5.33. The molecule has 19 heavy (non-hydrogen) atoms. The lowest BCUT2D eigenvalue weighted by molar-refractivity contribution is 0.428. The van der Waals surface area contributed by atoms with Crippen LogP contribution in [0.1, 0.15) is 5.56 Å². The third-order valence-corrected chi connectivity index (χ3v) is 3.00. The van der Waals surface area contributed by atoms with Gasteiger partial charge in [-0.2, -0.15) is 0 Å². The number of aryl methyl sites for hydroxylation is 1. The molecule has 0 unspecified atom stereocenters. The Morgan fingerprint density at radius 2 is 1.79 bits per heavy atom. The average Bonchev–Trinajstić information content (AvgIpc) is 2.92. The summed E-state index contributed by atoms with van der Waals surface area (Å²) in [6.07, 6.45) is 0. The van der Waals surface area contributed by atoms with Gasteiger partial charge in [0.05, 0.1) is 5.56 Å². The fourth-order valence-electron chi connectivity index (χ4n) is 1.99. The molecule has 0 saturated heterocycles. The quantitative estimate of drug-likeness (QED) is 0.748. The molecule has 0 saturated carbocycles. The van der Waals surface area contributed by atoms with Crippen molar-refractivity contribution in [3.8, 4) is 28.3 Å². The first-order chi connectivity index (χ1) is 9.24. The largest absolute Gasteiger partial charge is 0.507 e. The highest BCUT2D eigenvalue weighted by atomic mass is 16.5. The molecule has 0 aliphatic rings. The summed E-state index contributed by atoms with van der Waals surface area (Å²) in [5.41, 5.74) is 3.47. The highest BCUT2D eigenvalue weighted by Gasteiger charge is 2.12. The van der Waals surface area contributed by atoms with Crippen LogP contribution in [0.15, 0.2) is 59.1 Å². The van der Waals surface area contributed by atoms with E-state index in [-0.39, 0.29) is 5.75 Å². The van der Waals surface area contributed by atoms with Gasteiger partial charge in [0.1, 0.15) is 11.4 Å². The fraction of sp³-hybridized carbons (Fsp3) is 0.0625. The van der Waals surface area contributed by atoms with E-state index >= 15 is 0 Å². The fourth-order valence-corrected chi connectivity index (χ4v) is 1.99. The maximum absolute atomic E-state index is 9.88. The summed E-state index contributed by atoms with van der Waals surface area (Å²) in [6, 6.07) is 17.0. The van der Waals surface area contributed by atoms with E-state index < -0.39 is 0 Å². The number of benzene rings is 2. The molecule has 2 aromatic carbocycles. The smallest absolute Gasteiger partial charge is 0.171 e. The summed E-state index contributed by atoms with van der Waals surface area (Å²) in [4.78, 5) is 0. The lowest BCUT2D eigenvalue weighted by atomic mass is 10.1. The number of nitrogens with zero attached hydrogens (tertiary/aromatic N) is 1. The average molecular weight is 251 g/mol. The van der Waals surface area contributed by atoms with Crippen molar-refractivity contribution in [2.75, 3.05) is 0 Å². The minimum absolute atomic E-state index is 0.196. The zero-order valence-electron chi connectivity index (χ0n) is 10.5. The van der Waals surface area contributed by atoms with Crippen LogP contribution in [0, 0.1) is 6.92 Å². The first-order valence-electron chi connectivity index (χ1n) is 6.06. The van der Waals surface area contributed by atoms with Gasteiger partial charge < -0.3 is 9.63 Å². The predicted octanol–water partition coefficient (Wildman–Crippen LogP) is 4.02. The second kappa shape index (κ2) is 4.61. The molecule has 1 heterocycles. The van der Waals surface area contributed by atoms with Crippen molar-refractivity contribution in [2.45, 2.75) is 6.92 Å². The summed E-state index contributed by atoms with van der Waals surface area (Å²) in [5, 5.41) is 13.9. The number of phenols is 1. The van der Waals surface area contributed by atoms with Gasteiger partial charge in [-0.25, -0.2) is 0 Å². The van der Waals surface area contributed by atoms with E-state index in [2.05, 4.69) is 5.16 Å². The first kappa shape index (κ1) is 11.5. The Kier molecular flexibility index (Phi) is 2.80. The molecule has 3 heteroatoms. The molecule has 0 fully saturated rings. The van der Waals surface area contributed by atoms with Crippen molar-refractivity contribution in [3.05, 3.63) is 60.2 Å². The molecule has 0 radical (unpaired) electrons. The standard InChI is InChI=1S/C16H13NO2/c1-11-7-8-15(18)13(9-11)16-10-14(17-19-16)12-5-3-2-4-6-12/h2-10,18H,1H3. The van der Waals surface area contributed by atoms with Gasteiger partial charge in [0.2, 0.25) is 0 Å². The molecule has 0 amide bonds. The van der Waals surface area contributed by atoms with Crippen LogP contribution in [0.25, 0.3) is 22.6 Å². The zero-order chi connectivity index (χ0) is 13.2. The molecular formula is C16H13NO2. The van der Waals surface area contributed by atoms with Gasteiger partial charge in [0.25, 0.3) is 0 Å². The third kappa shape index (κ3) is 2.22. The maximum atomic E-state index is 9.88. The van der Waals surface area contributed by atoms with Crippen molar-refractivity contribution < 1.29 is 9.63 Å². The Morgan fingerprint density at radius 1 is 1.00 bits per heavy atom. The Bertz CT molecular complexity index is 702. The van der Waals surface area contributed by atoms with Crippen LogP contribution >= 0.6 is 0 Å².